The summed E-state index contributed by atoms with van der Waals surface area (Å²) in [6, 6.07) is 0. The zero-order valence-corrected chi connectivity index (χ0v) is 7.42. The van der Waals surface area contributed by atoms with E-state index in [4.69, 9.17) is 5.84 Å². The maximum Gasteiger partial charge on any atom is 0.284 e. The third kappa shape index (κ3) is 1.41. The van der Waals surface area contributed by atoms with Crippen molar-refractivity contribution in [2.45, 2.75) is 0 Å². The van der Waals surface area contributed by atoms with E-state index in [0.717, 1.165) is 0 Å². The van der Waals surface area contributed by atoms with E-state index in [9.17, 15) is 4.79 Å². The largest absolute Gasteiger partial charge is 0.289 e. The van der Waals surface area contributed by atoms with Gasteiger partial charge in [0.2, 0.25) is 0 Å². The van der Waals surface area contributed by atoms with E-state index in [1.807, 2.05) is 5.43 Å². The summed E-state index contributed by atoms with van der Waals surface area (Å²) < 4.78 is 2.06. The van der Waals surface area contributed by atoms with Gasteiger partial charge < -0.3 is 0 Å². The lowest BCUT2D eigenvalue weighted by atomic mass is 10.4. The number of nitrogen functional groups attached to an aromatic ring is 1. The Morgan fingerprint density at radius 2 is 2.55 bits per heavy atom. The van der Waals surface area contributed by atoms with Crippen LogP contribution in [-0.4, -0.2) is 15.7 Å². The molecule has 5 nitrogen and oxygen atoms in total. The highest BCUT2D eigenvalue weighted by atomic mass is 79.9. The number of nitrogens with one attached hydrogen (secondary N) is 1. The van der Waals surface area contributed by atoms with Gasteiger partial charge in [0.15, 0.2) is 0 Å². The molecule has 0 unspecified atom stereocenters. The molecule has 1 aromatic rings. The van der Waals surface area contributed by atoms with E-state index >= 15 is 0 Å². The van der Waals surface area contributed by atoms with Crippen molar-refractivity contribution in [1.29, 1.82) is 0 Å². The molecule has 3 N–H and O–H groups in total. The fourth-order valence-corrected chi connectivity index (χ4v) is 1.26. The summed E-state index contributed by atoms with van der Waals surface area (Å²) in [5.74, 6) is 4.58. The molecule has 0 saturated carbocycles. The number of carbonyl (C=O) groups is 1. The minimum Gasteiger partial charge on any atom is -0.289 e. The summed E-state index contributed by atoms with van der Waals surface area (Å²) in [4.78, 5) is 11.0. The van der Waals surface area contributed by atoms with Crippen molar-refractivity contribution in [2.24, 2.45) is 12.9 Å². The molecule has 0 aliphatic heterocycles. The Labute approximate surface area is 71.7 Å². The first-order valence-electron chi connectivity index (χ1n) is 2.85. The Morgan fingerprint density at radius 3 is 2.91 bits per heavy atom. The average Bonchev–Trinajstić information content (AvgIpc) is 2.30. The molecule has 6 heteroatoms. The van der Waals surface area contributed by atoms with Crippen molar-refractivity contribution in [2.75, 3.05) is 0 Å². The maximum atomic E-state index is 11.0. The van der Waals surface area contributed by atoms with Gasteiger partial charge >= 0.3 is 0 Å². The van der Waals surface area contributed by atoms with Gasteiger partial charge in [0, 0.05) is 7.05 Å². The molecule has 0 radical (unpaired) electrons. The predicted molar refractivity (Wildman–Crippen MR) is 42.6 cm³/mol. The number of aromatic nitrogens is 2. The summed E-state index contributed by atoms with van der Waals surface area (Å²) >= 11 is 3.16. The number of amides is 1. The third-order valence-electron chi connectivity index (χ3n) is 1.24. The number of hydrazine groups is 1. The van der Waals surface area contributed by atoms with Crippen molar-refractivity contribution >= 4 is 21.8 Å². The van der Waals surface area contributed by atoms with Gasteiger partial charge in [-0.15, -0.1) is 0 Å². The van der Waals surface area contributed by atoms with Crippen LogP contribution in [0.1, 0.15) is 10.5 Å². The molecule has 0 fully saturated rings. The van der Waals surface area contributed by atoms with Crippen molar-refractivity contribution < 1.29 is 4.79 Å². The highest BCUT2D eigenvalue weighted by molar-refractivity contribution is 9.10. The van der Waals surface area contributed by atoms with Crippen molar-refractivity contribution in [3.05, 3.63) is 16.4 Å². The number of aryl methyl sites for hydroxylation is 1. The second-order valence-corrected chi connectivity index (χ2v) is 2.79. The van der Waals surface area contributed by atoms with Crippen LogP contribution in [-0.2, 0) is 7.05 Å². The zero-order valence-electron chi connectivity index (χ0n) is 5.84. The third-order valence-corrected chi connectivity index (χ3v) is 1.82. The van der Waals surface area contributed by atoms with Crippen molar-refractivity contribution in [3.63, 3.8) is 0 Å². The summed E-state index contributed by atoms with van der Waals surface area (Å²) in [6.45, 7) is 0. The molecule has 60 valence electrons. The van der Waals surface area contributed by atoms with Crippen molar-refractivity contribution in [3.8, 4) is 0 Å². The van der Waals surface area contributed by atoms with Gasteiger partial charge in [-0.2, -0.15) is 5.10 Å². The Balaban J connectivity index is 3.10. The Morgan fingerprint density at radius 1 is 1.91 bits per heavy atom. The van der Waals surface area contributed by atoms with E-state index < -0.39 is 0 Å². The molecule has 0 aliphatic rings. The quantitative estimate of drug-likeness (QED) is 0.389. The molecule has 1 amide bonds. The van der Waals surface area contributed by atoms with Gasteiger partial charge in [0.05, 0.1) is 10.7 Å². The molecule has 0 atom stereocenters. The van der Waals surface area contributed by atoms with Crippen LogP contribution in [0.25, 0.3) is 0 Å². The molecule has 11 heavy (non-hydrogen) atoms. The molecule has 1 heterocycles. The molecule has 0 aromatic carbocycles. The van der Waals surface area contributed by atoms with E-state index in [2.05, 4.69) is 21.0 Å². The van der Waals surface area contributed by atoms with Gasteiger partial charge in [-0.05, 0) is 15.9 Å². The molecular weight excluding hydrogens is 212 g/mol. The van der Waals surface area contributed by atoms with E-state index in [-0.39, 0.29) is 5.91 Å². The smallest absolute Gasteiger partial charge is 0.284 e. The minimum atomic E-state index is -0.364. The number of hydrogen-bond donors (Lipinski definition) is 2. The number of nitrogens with two attached hydrogens (primary N) is 1. The summed E-state index contributed by atoms with van der Waals surface area (Å²) in [5.41, 5.74) is 2.43. The van der Waals surface area contributed by atoms with E-state index in [1.54, 1.807) is 7.05 Å². The molecule has 0 bridgehead atoms. The molecule has 0 aliphatic carbocycles. The number of halogens is 1. The zero-order chi connectivity index (χ0) is 8.43. The molecular formula is C5H7BrN4O. The highest BCUT2D eigenvalue weighted by Gasteiger charge is 2.12. The van der Waals surface area contributed by atoms with Gasteiger partial charge in [0.25, 0.3) is 5.91 Å². The normalized spacial score (nSPS) is 9.73. The molecule has 0 saturated heterocycles. The Hall–Kier alpha value is -0.880. The Bertz CT molecular complexity index is 263. The fraction of sp³-hybridized carbons (Fsp3) is 0.200. The van der Waals surface area contributed by atoms with Crippen LogP contribution in [0.4, 0.5) is 0 Å². The molecule has 1 aromatic heterocycles. The average molecular weight is 219 g/mol. The van der Waals surface area contributed by atoms with Crippen LogP contribution in [0.5, 0.6) is 0 Å². The second kappa shape index (κ2) is 3.02. The van der Waals surface area contributed by atoms with Crippen LogP contribution in [0.2, 0.25) is 0 Å². The maximum absolute atomic E-state index is 11.0. The number of nitrogens with zero attached hydrogens (tertiary/aromatic N) is 2. The van der Waals surface area contributed by atoms with Gasteiger partial charge in [-0.3, -0.25) is 14.9 Å². The molecule has 0 spiro atoms. The van der Waals surface area contributed by atoms with Gasteiger partial charge in [-0.1, -0.05) is 0 Å². The van der Waals surface area contributed by atoms with Crippen LogP contribution in [0.3, 0.4) is 0 Å². The SMILES string of the molecule is Cn1ncc(Br)c1C(=O)NN. The summed E-state index contributed by atoms with van der Waals surface area (Å²) in [5, 5.41) is 3.84. The number of carbonyl (C=O) groups excluding carboxylic acids is 1. The standard InChI is InChI=1S/C5H7BrN4O/c1-10-4(5(11)9-7)3(6)2-8-10/h2H,7H2,1H3,(H,9,11). The van der Waals surface area contributed by atoms with E-state index in [1.165, 1.54) is 10.9 Å². The minimum absolute atomic E-state index is 0.364. The first-order valence-corrected chi connectivity index (χ1v) is 3.64. The van der Waals surface area contributed by atoms with Crippen LogP contribution < -0.4 is 11.3 Å². The number of hydrogen-bond acceptors (Lipinski definition) is 3. The van der Waals surface area contributed by atoms with Crippen LogP contribution in [0, 0.1) is 0 Å². The fourth-order valence-electron chi connectivity index (χ4n) is 0.735. The van der Waals surface area contributed by atoms with Crippen LogP contribution in [0.15, 0.2) is 10.7 Å². The lowest BCUT2D eigenvalue weighted by Crippen LogP contribution is -2.31. The predicted octanol–water partition coefficient (Wildman–Crippen LogP) is -0.214. The first-order chi connectivity index (χ1) is 5.16. The number of rotatable bonds is 1. The summed E-state index contributed by atoms with van der Waals surface area (Å²) in [6.07, 6.45) is 1.53. The van der Waals surface area contributed by atoms with E-state index in [0.29, 0.717) is 10.2 Å². The van der Waals surface area contributed by atoms with Gasteiger partial charge in [0.1, 0.15) is 5.69 Å². The lowest BCUT2D eigenvalue weighted by Gasteiger charge is -1.99. The monoisotopic (exact) mass is 218 g/mol. The topological polar surface area (TPSA) is 72.9 Å². The second-order valence-electron chi connectivity index (χ2n) is 1.94. The van der Waals surface area contributed by atoms with Crippen molar-refractivity contribution in [1.82, 2.24) is 15.2 Å². The first kappa shape index (κ1) is 8.22. The lowest BCUT2D eigenvalue weighted by molar-refractivity contribution is 0.0943. The van der Waals surface area contributed by atoms with Gasteiger partial charge in [-0.25, -0.2) is 5.84 Å². The highest BCUT2D eigenvalue weighted by Crippen LogP contribution is 2.13. The Kier molecular flexibility index (Phi) is 2.25. The summed E-state index contributed by atoms with van der Waals surface area (Å²) in [7, 11) is 1.66. The molecule has 1 rings (SSSR count). The van der Waals surface area contributed by atoms with Crippen LogP contribution >= 0.6 is 15.9 Å².